The van der Waals surface area contributed by atoms with Crippen LogP contribution in [0.4, 0.5) is 0 Å². The Balaban J connectivity index is 1.58. The van der Waals surface area contributed by atoms with Crippen LogP contribution in [0, 0.1) is 11.3 Å². The van der Waals surface area contributed by atoms with Gasteiger partial charge in [-0.3, -0.25) is 0 Å². The number of benzene rings is 2. The van der Waals surface area contributed by atoms with Gasteiger partial charge >= 0.3 is 5.97 Å². The summed E-state index contributed by atoms with van der Waals surface area (Å²) in [5, 5.41) is 9.05. The lowest BCUT2D eigenvalue weighted by molar-refractivity contribution is 0.0697. The number of carbonyl (C=O) groups is 1. The van der Waals surface area contributed by atoms with E-state index in [9.17, 15) is 4.79 Å². The fourth-order valence-electron chi connectivity index (χ4n) is 5.56. The maximum Gasteiger partial charge on any atom is 0.335 e. The molecule has 1 aliphatic rings. The summed E-state index contributed by atoms with van der Waals surface area (Å²) in [6.07, 6.45) is 10.4. The molecule has 1 atom stereocenters. The Hall–Kier alpha value is -2.33. The highest BCUT2D eigenvalue weighted by Crippen LogP contribution is 2.42. The molecule has 4 heteroatoms. The standard InChI is InChI=1S/C29H40O3Si/c1-22(20-29(3)17-7-6-8-18-29)21-33(4,5)32-27-15-13-25(14-16-27)23(2)19-24-9-11-26(12-10-24)28(30)31/h9-16,19,22H,6-8,17-18,20-21H2,1-5H3,(H,30,31). The highest BCUT2D eigenvalue weighted by Gasteiger charge is 2.33. The first-order chi connectivity index (χ1) is 15.6. The van der Waals surface area contributed by atoms with Crippen LogP contribution in [0.5, 0.6) is 5.75 Å². The van der Waals surface area contributed by atoms with E-state index >= 15 is 0 Å². The molecule has 33 heavy (non-hydrogen) atoms. The quantitative estimate of drug-likeness (QED) is 0.299. The van der Waals surface area contributed by atoms with Crippen LogP contribution in [0.3, 0.4) is 0 Å². The molecule has 0 aliphatic heterocycles. The van der Waals surface area contributed by atoms with E-state index in [-0.39, 0.29) is 0 Å². The lowest BCUT2D eigenvalue weighted by atomic mass is 9.71. The van der Waals surface area contributed by atoms with Gasteiger partial charge in [0.15, 0.2) is 0 Å². The number of hydrogen-bond acceptors (Lipinski definition) is 2. The van der Waals surface area contributed by atoms with Gasteiger partial charge in [-0.1, -0.05) is 63.5 Å². The second-order valence-electron chi connectivity index (χ2n) is 11.0. The summed E-state index contributed by atoms with van der Waals surface area (Å²) in [7, 11) is -1.81. The third-order valence-corrected chi connectivity index (χ3v) is 9.45. The fourth-order valence-corrected chi connectivity index (χ4v) is 8.24. The molecule has 0 bridgehead atoms. The molecule has 1 N–H and O–H groups in total. The molecule has 1 fully saturated rings. The normalized spacial score (nSPS) is 17.4. The van der Waals surface area contributed by atoms with Gasteiger partial charge in [0.2, 0.25) is 8.32 Å². The molecule has 0 aromatic heterocycles. The number of allylic oxidation sites excluding steroid dienone is 1. The third kappa shape index (κ3) is 7.60. The van der Waals surface area contributed by atoms with Crippen molar-refractivity contribution in [1.29, 1.82) is 0 Å². The van der Waals surface area contributed by atoms with Crippen LogP contribution in [0.1, 0.15) is 80.8 Å². The lowest BCUT2D eigenvalue weighted by Crippen LogP contribution is -2.37. The second-order valence-corrected chi connectivity index (χ2v) is 15.2. The maximum absolute atomic E-state index is 11.0. The van der Waals surface area contributed by atoms with Crippen LogP contribution in [-0.4, -0.2) is 19.4 Å². The zero-order valence-electron chi connectivity index (χ0n) is 21.0. The van der Waals surface area contributed by atoms with Crippen molar-refractivity contribution < 1.29 is 14.3 Å². The van der Waals surface area contributed by atoms with Crippen LogP contribution >= 0.6 is 0 Å². The molecule has 1 aliphatic carbocycles. The van der Waals surface area contributed by atoms with E-state index in [1.165, 1.54) is 44.6 Å². The van der Waals surface area contributed by atoms with Crippen LogP contribution < -0.4 is 4.43 Å². The van der Waals surface area contributed by atoms with Gasteiger partial charge in [0.1, 0.15) is 5.75 Å². The first-order valence-corrected chi connectivity index (χ1v) is 15.5. The topological polar surface area (TPSA) is 46.5 Å². The zero-order valence-corrected chi connectivity index (χ0v) is 22.0. The molecule has 0 spiro atoms. The first-order valence-electron chi connectivity index (χ1n) is 12.4. The molecule has 178 valence electrons. The Morgan fingerprint density at radius 3 is 2.18 bits per heavy atom. The summed E-state index contributed by atoms with van der Waals surface area (Å²) in [5.41, 5.74) is 4.10. The van der Waals surface area contributed by atoms with Gasteiger partial charge in [-0.15, -0.1) is 0 Å². The Kier molecular flexibility index (Phi) is 8.22. The summed E-state index contributed by atoms with van der Waals surface area (Å²) in [5.74, 6) is 0.763. The maximum atomic E-state index is 11.0. The van der Waals surface area contributed by atoms with E-state index in [0.29, 0.717) is 16.9 Å². The molecule has 3 nitrogen and oxygen atoms in total. The smallest absolute Gasteiger partial charge is 0.335 e. The van der Waals surface area contributed by atoms with Crippen LogP contribution in [0.15, 0.2) is 48.5 Å². The van der Waals surface area contributed by atoms with Crippen molar-refractivity contribution in [2.24, 2.45) is 11.3 Å². The van der Waals surface area contributed by atoms with Gasteiger partial charge in [-0.2, -0.15) is 0 Å². The van der Waals surface area contributed by atoms with Gasteiger partial charge in [-0.05, 0) is 97.6 Å². The molecular weight excluding hydrogens is 424 g/mol. The molecule has 0 amide bonds. The van der Waals surface area contributed by atoms with Crippen molar-refractivity contribution in [3.8, 4) is 5.75 Å². The van der Waals surface area contributed by atoms with Crippen molar-refractivity contribution in [3.05, 3.63) is 65.2 Å². The van der Waals surface area contributed by atoms with E-state index in [2.05, 4.69) is 64.2 Å². The molecule has 2 aromatic rings. The van der Waals surface area contributed by atoms with E-state index in [4.69, 9.17) is 9.53 Å². The van der Waals surface area contributed by atoms with Crippen molar-refractivity contribution >= 4 is 25.9 Å². The average molecular weight is 465 g/mol. The molecular formula is C29H40O3Si. The lowest BCUT2D eigenvalue weighted by Gasteiger charge is -2.37. The van der Waals surface area contributed by atoms with Crippen LogP contribution in [0.25, 0.3) is 11.6 Å². The van der Waals surface area contributed by atoms with Crippen molar-refractivity contribution in [3.63, 3.8) is 0 Å². The number of aromatic carboxylic acids is 1. The Labute approximate surface area is 201 Å². The van der Waals surface area contributed by atoms with Gasteiger partial charge in [0, 0.05) is 0 Å². The predicted molar refractivity (Wildman–Crippen MR) is 141 cm³/mol. The molecule has 0 heterocycles. The van der Waals surface area contributed by atoms with E-state index in [1.54, 1.807) is 12.1 Å². The molecule has 2 aromatic carbocycles. The largest absolute Gasteiger partial charge is 0.544 e. The van der Waals surface area contributed by atoms with Crippen LogP contribution in [0.2, 0.25) is 19.1 Å². The highest BCUT2D eigenvalue weighted by molar-refractivity contribution is 6.71. The summed E-state index contributed by atoms with van der Waals surface area (Å²) in [4.78, 5) is 11.0. The number of carboxylic acids is 1. The summed E-state index contributed by atoms with van der Waals surface area (Å²) >= 11 is 0. The molecule has 0 saturated heterocycles. The first kappa shape index (κ1) is 25.3. The zero-order chi connectivity index (χ0) is 24.1. The third-order valence-electron chi connectivity index (χ3n) is 6.99. The van der Waals surface area contributed by atoms with Crippen LogP contribution in [-0.2, 0) is 0 Å². The van der Waals surface area contributed by atoms with Gasteiger partial charge in [-0.25, -0.2) is 4.79 Å². The number of rotatable bonds is 9. The minimum Gasteiger partial charge on any atom is -0.544 e. The monoisotopic (exact) mass is 464 g/mol. The van der Waals surface area contributed by atoms with Crippen molar-refractivity contribution in [1.82, 2.24) is 0 Å². The van der Waals surface area contributed by atoms with Crippen molar-refractivity contribution in [2.75, 3.05) is 0 Å². The second kappa shape index (κ2) is 10.7. The molecule has 3 rings (SSSR count). The molecule has 1 unspecified atom stereocenters. The Morgan fingerprint density at radius 1 is 1.03 bits per heavy atom. The van der Waals surface area contributed by atoms with Gasteiger partial charge in [0.25, 0.3) is 0 Å². The van der Waals surface area contributed by atoms with Crippen molar-refractivity contribution in [2.45, 2.75) is 78.4 Å². The minimum absolute atomic E-state index is 0.306. The molecule has 0 radical (unpaired) electrons. The van der Waals surface area contributed by atoms with Gasteiger partial charge < -0.3 is 9.53 Å². The van der Waals surface area contributed by atoms with E-state index < -0.39 is 14.3 Å². The number of carboxylic acid groups (broad SMARTS) is 1. The Bertz CT molecular complexity index is 951. The van der Waals surface area contributed by atoms with E-state index in [1.807, 2.05) is 12.1 Å². The summed E-state index contributed by atoms with van der Waals surface area (Å²) < 4.78 is 6.55. The minimum atomic E-state index is -1.81. The average Bonchev–Trinajstić information content (AvgIpc) is 2.73. The highest BCUT2D eigenvalue weighted by atomic mass is 28.4. The van der Waals surface area contributed by atoms with E-state index in [0.717, 1.165) is 22.4 Å². The summed E-state index contributed by atoms with van der Waals surface area (Å²) in [6.45, 7) is 11.7. The SMILES string of the molecule is CC(=Cc1ccc(C(=O)O)cc1)c1ccc(O[Si](C)(C)CC(C)CC2(C)CCCCC2)cc1. The predicted octanol–water partition coefficient (Wildman–Crippen LogP) is 8.53. The van der Waals surface area contributed by atoms with Gasteiger partial charge in [0.05, 0.1) is 5.56 Å². The number of hydrogen-bond donors (Lipinski definition) is 1. The summed E-state index contributed by atoms with van der Waals surface area (Å²) in [6, 6.07) is 16.6. The Morgan fingerprint density at radius 2 is 1.61 bits per heavy atom. The fraction of sp³-hybridized carbons (Fsp3) is 0.483. The molecule has 1 saturated carbocycles.